The Balaban J connectivity index is 2.99. The molecule has 0 aliphatic heterocycles. The maximum Gasteiger partial charge on any atom is 0.462 e. The molecule has 0 saturated carbocycles. The molecule has 0 atom stereocenters. The van der Waals surface area contributed by atoms with Gasteiger partial charge in [0, 0.05) is 11.1 Å². The van der Waals surface area contributed by atoms with E-state index in [0.717, 1.165) is 5.56 Å². The van der Waals surface area contributed by atoms with E-state index >= 15 is 0 Å². The summed E-state index contributed by atoms with van der Waals surface area (Å²) in [4.78, 5) is 13.8. The molecular weight excluding hydrogens is 196 g/mol. The molecule has 5 heteroatoms. The monoisotopic (exact) mass is 202 g/mol. The molecule has 5 nitrogen and oxygen atoms in total. The van der Waals surface area contributed by atoms with E-state index in [1.165, 1.54) is 6.07 Å². The average Bonchev–Trinajstić information content (AvgIpc) is 2.17. The predicted molar refractivity (Wildman–Crippen MR) is 51.4 cm³/mol. The third kappa shape index (κ3) is 1.32. The van der Waals surface area contributed by atoms with Crippen LogP contribution in [0, 0.1) is 12.3 Å². The molecule has 1 aromatic carbocycles. The first-order valence-corrected chi connectivity index (χ1v) is 4.23. The Hall–Kier alpha value is -2.35. The molecule has 2 aromatic rings. The fraction of sp³-hybridized carbons (Fsp3) is 0.100. The van der Waals surface area contributed by atoms with Crippen LogP contribution in [-0.2, 0) is 0 Å². The number of fused-ring (bicyclic) bond motifs is 1. The molecule has 1 heterocycles. The molecule has 74 valence electrons. The van der Waals surface area contributed by atoms with E-state index < -0.39 is 17.1 Å². The van der Waals surface area contributed by atoms with Crippen LogP contribution < -0.4 is 10.7 Å². The average molecular weight is 202 g/mol. The normalized spacial score (nSPS) is 10.1. The number of nitrogens with zero attached hydrogens (tertiary/aromatic N) is 2. The second-order valence-electron chi connectivity index (χ2n) is 3.17. The zero-order valence-electron chi connectivity index (χ0n) is 7.85. The van der Waals surface area contributed by atoms with Gasteiger partial charge >= 0.3 is 11.3 Å². The summed E-state index contributed by atoms with van der Waals surface area (Å²) in [5.41, 5.74) is -0.442. The van der Waals surface area contributed by atoms with Crippen LogP contribution in [0.2, 0.25) is 0 Å². The van der Waals surface area contributed by atoms with Gasteiger partial charge in [0.25, 0.3) is 0 Å². The number of hydrogen-bond donors (Lipinski definition) is 0. The van der Waals surface area contributed by atoms with Crippen LogP contribution in [-0.4, -0.2) is 0 Å². The Morgan fingerprint density at radius 2 is 2.20 bits per heavy atom. The lowest BCUT2D eigenvalue weighted by molar-refractivity contribution is -0.264. The van der Waals surface area contributed by atoms with E-state index in [-0.39, 0.29) is 11.0 Å². The summed E-state index contributed by atoms with van der Waals surface area (Å²) < 4.78 is 4.84. The van der Waals surface area contributed by atoms with Crippen LogP contribution in [0.15, 0.2) is 27.4 Å². The van der Waals surface area contributed by atoms with Crippen molar-refractivity contribution in [3.05, 3.63) is 39.2 Å². The van der Waals surface area contributed by atoms with Gasteiger partial charge in [-0.15, -0.1) is 0 Å². The van der Waals surface area contributed by atoms with Crippen LogP contribution in [0.4, 0.5) is 5.69 Å². The second kappa shape index (κ2) is 3.10. The number of benzene rings is 1. The summed E-state index contributed by atoms with van der Waals surface area (Å²) in [6, 6.07) is 4.83. The summed E-state index contributed by atoms with van der Waals surface area (Å²) in [5.74, 6) is -0.622. The summed E-state index contributed by atoms with van der Waals surface area (Å²) in [6.45, 7) is 1.81. The molecule has 15 heavy (non-hydrogen) atoms. The maximum atomic E-state index is 11.6. The smallest absolute Gasteiger partial charge is 0.462 e. The van der Waals surface area contributed by atoms with Crippen LogP contribution >= 0.6 is 0 Å². The lowest BCUT2D eigenvalue weighted by Crippen LogP contribution is -2.03. The Morgan fingerprint density at radius 3 is 2.87 bits per heavy atom. The van der Waals surface area contributed by atoms with Crippen molar-refractivity contribution >= 4 is 16.7 Å². The first-order chi connectivity index (χ1) is 7.13. The molecule has 0 aliphatic rings. The minimum atomic E-state index is -0.930. The van der Waals surface area contributed by atoms with E-state index in [1.807, 2.05) is 6.92 Å². The van der Waals surface area contributed by atoms with Gasteiger partial charge in [0.2, 0.25) is 5.39 Å². The van der Waals surface area contributed by atoms with Gasteiger partial charge < -0.3 is 9.52 Å². The van der Waals surface area contributed by atoms with E-state index in [1.54, 1.807) is 12.1 Å². The molecule has 0 unspecified atom stereocenters. The van der Waals surface area contributed by atoms with Gasteiger partial charge in [-0.05, 0) is 18.6 Å². The van der Waals surface area contributed by atoms with Crippen LogP contribution in [0.1, 0.15) is 5.56 Å². The summed E-state index contributed by atoms with van der Waals surface area (Å²) in [5, 5.41) is 20.3. The van der Waals surface area contributed by atoms with Gasteiger partial charge in [0.15, 0.2) is 4.98 Å². The SMILES string of the molecule is Cc1ccc2c([O-])c([N+]#N)c(=O)oc2c1. The third-order valence-corrected chi connectivity index (χ3v) is 2.09. The number of diazo groups is 1. The first kappa shape index (κ1) is 9.21. The van der Waals surface area contributed by atoms with Crippen LogP contribution in [0.25, 0.3) is 15.9 Å². The summed E-state index contributed by atoms with van der Waals surface area (Å²) >= 11 is 0. The Kier molecular flexibility index (Phi) is 1.90. The summed E-state index contributed by atoms with van der Waals surface area (Å²) in [6.07, 6.45) is 0. The molecule has 0 saturated heterocycles. The van der Waals surface area contributed by atoms with Gasteiger partial charge in [-0.3, -0.25) is 0 Å². The fourth-order valence-electron chi connectivity index (χ4n) is 1.36. The van der Waals surface area contributed by atoms with E-state index in [4.69, 9.17) is 9.81 Å². The maximum absolute atomic E-state index is 11.6. The van der Waals surface area contributed by atoms with Crippen molar-refractivity contribution in [1.29, 1.82) is 5.39 Å². The zero-order valence-corrected chi connectivity index (χ0v) is 7.85. The van der Waals surface area contributed by atoms with Crippen molar-refractivity contribution in [2.75, 3.05) is 0 Å². The molecule has 0 N–H and O–H groups in total. The van der Waals surface area contributed by atoms with Crippen molar-refractivity contribution in [3.8, 4) is 5.75 Å². The van der Waals surface area contributed by atoms with E-state index in [9.17, 15) is 9.90 Å². The number of rotatable bonds is 0. The highest BCUT2D eigenvalue weighted by Crippen LogP contribution is 2.29. The van der Waals surface area contributed by atoms with Crippen LogP contribution in [0.3, 0.4) is 0 Å². The number of aryl methyl sites for hydroxylation is 1. The van der Waals surface area contributed by atoms with Crippen molar-refractivity contribution in [3.63, 3.8) is 0 Å². The molecule has 0 bridgehead atoms. The van der Waals surface area contributed by atoms with Crippen LogP contribution in [0.5, 0.6) is 5.75 Å². The van der Waals surface area contributed by atoms with Gasteiger partial charge in [-0.25, -0.2) is 4.79 Å². The van der Waals surface area contributed by atoms with E-state index in [0.29, 0.717) is 0 Å². The van der Waals surface area contributed by atoms with Gasteiger partial charge in [0.05, 0.1) is 0 Å². The second-order valence-corrected chi connectivity index (χ2v) is 3.17. The minimum Gasteiger partial charge on any atom is -0.866 e. The first-order valence-electron chi connectivity index (χ1n) is 4.23. The fourth-order valence-corrected chi connectivity index (χ4v) is 1.36. The molecular formula is C10H6N2O3. The molecule has 0 spiro atoms. The Morgan fingerprint density at radius 1 is 1.47 bits per heavy atom. The van der Waals surface area contributed by atoms with Gasteiger partial charge in [-0.1, -0.05) is 12.1 Å². The largest absolute Gasteiger partial charge is 0.866 e. The molecule has 0 aliphatic carbocycles. The van der Waals surface area contributed by atoms with Crippen molar-refractivity contribution in [2.45, 2.75) is 6.92 Å². The minimum absolute atomic E-state index is 0.206. The number of hydrogen-bond acceptors (Lipinski definition) is 4. The highest BCUT2D eigenvalue weighted by molar-refractivity contribution is 5.88. The summed E-state index contributed by atoms with van der Waals surface area (Å²) in [7, 11) is 0. The zero-order chi connectivity index (χ0) is 11.0. The quantitative estimate of drug-likeness (QED) is 0.480. The molecule has 0 radical (unpaired) electrons. The standard InChI is InChI=1S/C10H6N2O3/c1-5-2-3-6-7(4-5)15-10(14)8(12-11)9(6)13/h2-4H,1H3. The van der Waals surface area contributed by atoms with Gasteiger partial charge in [0.1, 0.15) is 5.58 Å². The highest BCUT2D eigenvalue weighted by Gasteiger charge is 2.18. The molecule has 2 rings (SSSR count). The Labute approximate surface area is 84.2 Å². The highest BCUT2D eigenvalue weighted by atomic mass is 16.4. The predicted octanol–water partition coefficient (Wildman–Crippen LogP) is 1.66. The van der Waals surface area contributed by atoms with Crippen molar-refractivity contribution in [2.24, 2.45) is 0 Å². The van der Waals surface area contributed by atoms with Gasteiger partial charge in [-0.2, -0.15) is 0 Å². The topological polar surface area (TPSA) is 81.4 Å². The van der Waals surface area contributed by atoms with Crippen molar-refractivity contribution < 1.29 is 9.52 Å². The lowest BCUT2D eigenvalue weighted by Gasteiger charge is -2.05. The van der Waals surface area contributed by atoms with Crippen molar-refractivity contribution in [1.82, 2.24) is 0 Å². The molecule has 0 fully saturated rings. The molecule has 0 amide bonds. The van der Waals surface area contributed by atoms with E-state index in [2.05, 4.69) is 4.98 Å². The molecule has 1 aromatic heterocycles. The Bertz CT molecular complexity index is 637. The lowest BCUT2D eigenvalue weighted by atomic mass is 10.1. The third-order valence-electron chi connectivity index (χ3n) is 2.09.